The first-order valence-corrected chi connectivity index (χ1v) is 7.01. The van der Waals surface area contributed by atoms with Gasteiger partial charge >= 0.3 is 0 Å². The lowest BCUT2D eigenvalue weighted by Gasteiger charge is -2.20. The molecule has 0 bridgehead atoms. The predicted octanol–water partition coefficient (Wildman–Crippen LogP) is 0.854. The summed E-state index contributed by atoms with van der Waals surface area (Å²) in [7, 11) is -2.81. The zero-order chi connectivity index (χ0) is 11.6. The van der Waals surface area contributed by atoms with E-state index in [2.05, 4.69) is 4.98 Å². The highest BCUT2D eigenvalue weighted by Crippen LogP contribution is 2.22. The molecule has 5 nitrogen and oxygen atoms in total. The monoisotopic (exact) mass is 243 g/mol. The Kier molecular flexibility index (Phi) is 3.09. The molecule has 0 radical (unpaired) electrons. The molecule has 1 aliphatic heterocycles. The number of rotatable bonds is 3. The highest BCUT2D eigenvalue weighted by Gasteiger charge is 2.24. The van der Waals surface area contributed by atoms with Gasteiger partial charge in [-0.25, -0.2) is 13.4 Å². The average molecular weight is 243 g/mol. The molecule has 1 saturated heterocycles. The highest BCUT2D eigenvalue weighted by atomic mass is 32.2. The SMILES string of the molecule is O=Cc1cnc(CC2CCS(=O)(=O)CC2)o1. The summed E-state index contributed by atoms with van der Waals surface area (Å²) >= 11 is 0. The molecule has 0 unspecified atom stereocenters. The van der Waals surface area contributed by atoms with Crippen molar-refractivity contribution in [2.75, 3.05) is 11.5 Å². The van der Waals surface area contributed by atoms with Crippen molar-refractivity contribution in [1.82, 2.24) is 4.98 Å². The maximum atomic E-state index is 11.2. The van der Waals surface area contributed by atoms with Gasteiger partial charge in [-0.1, -0.05) is 0 Å². The largest absolute Gasteiger partial charge is 0.438 e. The zero-order valence-corrected chi connectivity index (χ0v) is 9.57. The highest BCUT2D eigenvalue weighted by molar-refractivity contribution is 7.91. The Balaban J connectivity index is 1.94. The quantitative estimate of drug-likeness (QED) is 0.736. The van der Waals surface area contributed by atoms with Crippen molar-refractivity contribution < 1.29 is 17.6 Å². The number of nitrogens with zero attached hydrogens (tertiary/aromatic N) is 1. The summed E-state index contributed by atoms with van der Waals surface area (Å²) in [6.45, 7) is 0. The number of oxazole rings is 1. The van der Waals surface area contributed by atoms with Gasteiger partial charge in [-0.15, -0.1) is 0 Å². The van der Waals surface area contributed by atoms with E-state index in [1.807, 2.05) is 0 Å². The third-order valence-electron chi connectivity index (χ3n) is 2.83. The van der Waals surface area contributed by atoms with E-state index in [9.17, 15) is 13.2 Å². The smallest absolute Gasteiger partial charge is 0.195 e. The fourth-order valence-corrected chi connectivity index (χ4v) is 3.45. The normalized spacial score (nSPS) is 20.8. The number of aromatic nitrogens is 1. The van der Waals surface area contributed by atoms with Crippen LogP contribution in [0.3, 0.4) is 0 Å². The first-order chi connectivity index (χ1) is 7.59. The molecule has 0 N–H and O–H groups in total. The van der Waals surface area contributed by atoms with Crippen LogP contribution in [0.25, 0.3) is 0 Å². The summed E-state index contributed by atoms with van der Waals surface area (Å²) in [5.41, 5.74) is 0. The topological polar surface area (TPSA) is 77.2 Å². The van der Waals surface area contributed by atoms with E-state index < -0.39 is 9.84 Å². The zero-order valence-electron chi connectivity index (χ0n) is 8.76. The standard InChI is InChI=1S/C10H13NO4S/c12-7-9-6-11-10(15-9)5-8-1-3-16(13,14)4-2-8/h6-8H,1-5H2. The predicted molar refractivity (Wildman–Crippen MR) is 57.0 cm³/mol. The van der Waals surface area contributed by atoms with E-state index in [0.29, 0.717) is 37.4 Å². The first-order valence-electron chi connectivity index (χ1n) is 5.19. The molecule has 0 saturated carbocycles. The molecule has 1 aromatic rings. The van der Waals surface area contributed by atoms with Gasteiger partial charge in [-0.3, -0.25) is 4.79 Å². The second-order valence-corrected chi connectivity index (χ2v) is 6.38. The van der Waals surface area contributed by atoms with E-state index >= 15 is 0 Å². The minimum Gasteiger partial charge on any atom is -0.438 e. The van der Waals surface area contributed by atoms with Crippen LogP contribution in [0, 0.1) is 5.92 Å². The van der Waals surface area contributed by atoms with E-state index in [4.69, 9.17) is 4.42 Å². The van der Waals surface area contributed by atoms with Crippen molar-refractivity contribution in [3.63, 3.8) is 0 Å². The fraction of sp³-hybridized carbons (Fsp3) is 0.600. The van der Waals surface area contributed by atoms with Gasteiger partial charge in [0.2, 0.25) is 0 Å². The molecule has 2 rings (SSSR count). The average Bonchev–Trinajstić information content (AvgIpc) is 2.69. The Bertz CT molecular complexity index is 463. The fourth-order valence-electron chi connectivity index (χ4n) is 1.86. The van der Waals surface area contributed by atoms with Crippen LogP contribution in [-0.4, -0.2) is 31.2 Å². The summed E-state index contributed by atoms with van der Waals surface area (Å²) < 4.78 is 27.6. The molecule has 0 amide bonds. The van der Waals surface area contributed by atoms with Gasteiger partial charge < -0.3 is 4.42 Å². The van der Waals surface area contributed by atoms with E-state index in [-0.39, 0.29) is 17.3 Å². The van der Waals surface area contributed by atoms with E-state index in [0.717, 1.165) is 0 Å². The van der Waals surface area contributed by atoms with Crippen LogP contribution in [-0.2, 0) is 16.3 Å². The molecule has 0 spiro atoms. The summed E-state index contributed by atoms with van der Waals surface area (Å²) in [4.78, 5) is 14.4. The van der Waals surface area contributed by atoms with Crippen molar-refractivity contribution in [2.45, 2.75) is 19.3 Å². The minimum atomic E-state index is -2.81. The van der Waals surface area contributed by atoms with Crippen LogP contribution in [0.1, 0.15) is 29.3 Å². The number of aldehydes is 1. The van der Waals surface area contributed by atoms with Crippen LogP contribution in [0.15, 0.2) is 10.6 Å². The Morgan fingerprint density at radius 1 is 1.44 bits per heavy atom. The lowest BCUT2D eigenvalue weighted by Crippen LogP contribution is -2.24. The molecular weight excluding hydrogens is 230 g/mol. The van der Waals surface area contributed by atoms with Crippen LogP contribution in [0.5, 0.6) is 0 Å². The van der Waals surface area contributed by atoms with Crippen molar-refractivity contribution in [3.05, 3.63) is 17.8 Å². The van der Waals surface area contributed by atoms with Gasteiger partial charge in [-0.05, 0) is 18.8 Å². The van der Waals surface area contributed by atoms with Crippen molar-refractivity contribution in [3.8, 4) is 0 Å². The number of hydrogen-bond donors (Lipinski definition) is 0. The van der Waals surface area contributed by atoms with Gasteiger partial charge in [-0.2, -0.15) is 0 Å². The van der Waals surface area contributed by atoms with Crippen LogP contribution in [0.4, 0.5) is 0 Å². The second-order valence-electron chi connectivity index (χ2n) is 4.07. The van der Waals surface area contributed by atoms with Crippen LogP contribution in [0.2, 0.25) is 0 Å². The number of carbonyl (C=O) groups is 1. The lowest BCUT2D eigenvalue weighted by atomic mass is 9.99. The van der Waals surface area contributed by atoms with Crippen LogP contribution >= 0.6 is 0 Å². The summed E-state index contributed by atoms with van der Waals surface area (Å²) in [5, 5.41) is 0. The van der Waals surface area contributed by atoms with Gasteiger partial charge in [0.25, 0.3) is 0 Å². The van der Waals surface area contributed by atoms with E-state index in [1.54, 1.807) is 0 Å². The Labute approximate surface area is 93.8 Å². The molecule has 1 aliphatic rings. The molecule has 1 aromatic heterocycles. The minimum absolute atomic E-state index is 0.221. The Morgan fingerprint density at radius 2 is 2.12 bits per heavy atom. The molecule has 88 valence electrons. The van der Waals surface area contributed by atoms with E-state index in [1.165, 1.54) is 6.20 Å². The Hall–Kier alpha value is -1.17. The molecule has 0 aliphatic carbocycles. The number of hydrogen-bond acceptors (Lipinski definition) is 5. The molecule has 0 atom stereocenters. The second kappa shape index (κ2) is 4.37. The molecular formula is C10H13NO4S. The van der Waals surface area contributed by atoms with Gasteiger partial charge in [0, 0.05) is 6.42 Å². The van der Waals surface area contributed by atoms with Crippen LogP contribution < -0.4 is 0 Å². The summed E-state index contributed by atoms with van der Waals surface area (Å²) in [5.74, 6) is 1.53. The maximum absolute atomic E-state index is 11.2. The molecule has 2 heterocycles. The van der Waals surface area contributed by atoms with Crippen molar-refractivity contribution in [1.29, 1.82) is 0 Å². The van der Waals surface area contributed by atoms with Gasteiger partial charge in [0.1, 0.15) is 9.84 Å². The number of carbonyl (C=O) groups excluding carboxylic acids is 1. The van der Waals surface area contributed by atoms with Crippen molar-refractivity contribution >= 4 is 16.1 Å². The first kappa shape index (κ1) is 11.3. The summed E-state index contributed by atoms with van der Waals surface area (Å²) in [6.07, 6.45) is 3.93. The molecule has 1 fully saturated rings. The van der Waals surface area contributed by atoms with Gasteiger partial charge in [0.05, 0.1) is 17.7 Å². The molecule has 16 heavy (non-hydrogen) atoms. The van der Waals surface area contributed by atoms with Gasteiger partial charge in [0.15, 0.2) is 17.9 Å². The number of sulfone groups is 1. The molecule has 0 aromatic carbocycles. The maximum Gasteiger partial charge on any atom is 0.195 e. The summed E-state index contributed by atoms with van der Waals surface area (Å²) in [6, 6.07) is 0. The third-order valence-corrected chi connectivity index (χ3v) is 4.54. The Morgan fingerprint density at radius 3 is 2.69 bits per heavy atom. The third kappa shape index (κ3) is 2.69. The lowest BCUT2D eigenvalue weighted by molar-refractivity contribution is 0.109. The van der Waals surface area contributed by atoms with Crippen molar-refractivity contribution in [2.24, 2.45) is 5.92 Å². The molecule has 6 heteroatoms.